The Balaban J connectivity index is -0.000000174. The number of benzene rings is 3. The number of halogens is 24. The number of fused-ring (bicyclic) bond motifs is 1. The second-order valence-electron chi connectivity index (χ2n) is 12.4. The first-order chi connectivity index (χ1) is 35.0. The van der Waals surface area contributed by atoms with Crippen molar-refractivity contribution < 1.29 is 116 Å². The van der Waals surface area contributed by atoms with Gasteiger partial charge in [0.2, 0.25) is 0 Å². The molecule has 0 amide bonds. The largest absolute Gasteiger partial charge is 0.508 e. The zero-order valence-electron chi connectivity index (χ0n) is 37.4. The maximum Gasteiger partial charge on any atom is 0.487 e. The molecule has 0 bridgehead atoms. The van der Waals surface area contributed by atoms with Crippen molar-refractivity contribution in [2.24, 2.45) is 0 Å². The summed E-state index contributed by atoms with van der Waals surface area (Å²) in [6.07, 6.45) is -26.0. The fourth-order valence-electron chi connectivity index (χ4n) is 3.48. The molecule has 1 nitrogen and oxygen atoms in total. The molecular formula is C50H29F24GaOS. The van der Waals surface area contributed by atoms with Gasteiger partial charge in [0.05, 0.1) is 0 Å². The number of hydrogen-bond acceptors (Lipinski definition) is 1. The van der Waals surface area contributed by atoms with Gasteiger partial charge >= 0.3 is 203 Å². The maximum absolute atomic E-state index is 10.4. The number of alkyl halides is 24. The summed E-state index contributed by atoms with van der Waals surface area (Å²) in [7, 11) is 0.140. The van der Waals surface area contributed by atoms with Crippen LogP contribution in [0.1, 0.15) is 11.3 Å². The van der Waals surface area contributed by atoms with Crippen LogP contribution in [0.5, 0.6) is 5.75 Å². The predicted molar refractivity (Wildman–Crippen MR) is 248 cm³/mol. The number of terminal acetylenes is 4. The predicted octanol–water partition coefficient (Wildman–Crippen LogP) is 13.9. The topological polar surface area (TPSA) is 20.2 Å². The zero-order valence-corrected chi connectivity index (χ0v) is 40.6. The third-order valence-electron chi connectivity index (χ3n) is 6.72. The molecule has 1 N–H and O–H groups in total. The van der Waals surface area contributed by atoms with Crippen LogP contribution in [0.25, 0.3) is 10.8 Å². The molecule has 0 aliphatic carbocycles. The summed E-state index contributed by atoms with van der Waals surface area (Å²) in [6.45, 7) is 0. The number of rotatable bonds is 3. The molecule has 1 atom stereocenters. The summed E-state index contributed by atoms with van der Waals surface area (Å²) in [4.78, 5) is 1.29. The molecule has 3 rings (SSSR count). The Kier molecular flexibility index (Phi) is 31.2. The van der Waals surface area contributed by atoms with Crippen LogP contribution in [0.2, 0.25) is 0 Å². The number of phenolic OH excluding ortho intramolecular Hbond substituents is 1. The number of phenols is 1. The van der Waals surface area contributed by atoms with Crippen molar-refractivity contribution in [1.29, 1.82) is 0 Å². The Morgan fingerprint density at radius 2 is 0.662 bits per heavy atom. The van der Waals surface area contributed by atoms with Gasteiger partial charge in [-0.3, -0.25) is 0 Å². The molecule has 0 radical (unpaired) electrons. The van der Waals surface area contributed by atoms with Crippen molar-refractivity contribution in [2.45, 2.75) is 60.1 Å². The monoisotopic (exact) mass is 1200 g/mol. The van der Waals surface area contributed by atoms with E-state index in [-0.39, 0.29) is 16.6 Å². The average Bonchev–Trinajstić information content (AvgIpc) is 3.28. The van der Waals surface area contributed by atoms with Gasteiger partial charge in [-0.2, -0.15) is 105 Å². The number of aromatic hydroxyl groups is 1. The Hall–Kier alpha value is -8.25. The molecule has 0 aliphatic rings. The van der Waals surface area contributed by atoms with E-state index in [1.165, 1.54) is 21.2 Å². The average molecular weight is 1200 g/mol. The van der Waals surface area contributed by atoms with E-state index < -0.39 is 64.4 Å². The number of hydrogen-bond donors (Lipinski definition) is 1. The molecule has 412 valence electrons. The van der Waals surface area contributed by atoms with Crippen LogP contribution in [0.3, 0.4) is 0 Å². The molecule has 0 heterocycles. The SMILES string of the molecule is C#CC#CC#[C][Ga-]([C]#CC#CC#C)([C]#CC#CC#C)[C]#CC#CC#C.C[S+](Cc1cccc2ccccc12)c1ccc(O)cc1.FC(F)(F)C(F)(F)F.FC(F)(F)C(F)(F)F.FC(F)(F)C(F)(F)F.FC(F)(F)C(F)(F)F.[HH].[HH].[HH].[HH]. The fourth-order valence-corrected chi connectivity index (χ4v) is 8.29. The first-order valence-electron chi connectivity index (χ1n) is 18.5. The summed E-state index contributed by atoms with van der Waals surface area (Å²) >= 11 is -3.91. The van der Waals surface area contributed by atoms with E-state index >= 15 is 0 Å². The Labute approximate surface area is 434 Å². The molecule has 0 fully saturated rings. The normalized spacial score (nSPS) is 10.9. The molecule has 0 saturated carbocycles. The van der Waals surface area contributed by atoms with Crippen LogP contribution >= 0.6 is 0 Å². The van der Waals surface area contributed by atoms with E-state index in [9.17, 15) is 110 Å². The molecule has 0 saturated heterocycles. The van der Waals surface area contributed by atoms with Gasteiger partial charge < -0.3 is 5.11 Å². The van der Waals surface area contributed by atoms with Crippen molar-refractivity contribution in [3.05, 3.63) is 72.3 Å². The van der Waals surface area contributed by atoms with Gasteiger partial charge in [0, 0.05) is 22.2 Å². The van der Waals surface area contributed by atoms with Gasteiger partial charge in [-0.15, -0.1) is 0 Å². The Morgan fingerprint density at radius 1 is 0.390 bits per heavy atom. The van der Waals surface area contributed by atoms with Gasteiger partial charge in [-0.25, -0.2) is 0 Å². The third kappa shape index (κ3) is 32.6. The Morgan fingerprint density at radius 3 is 0.935 bits per heavy atom. The van der Waals surface area contributed by atoms with Crippen LogP contribution in [0.15, 0.2) is 71.6 Å². The van der Waals surface area contributed by atoms with Crippen LogP contribution in [0, 0.1) is 138 Å². The molecule has 27 heteroatoms. The van der Waals surface area contributed by atoms with E-state index in [0.29, 0.717) is 5.75 Å². The summed E-state index contributed by atoms with van der Waals surface area (Å²) in [5, 5.41) is 12.0. The maximum atomic E-state index is 10.4. The van der Waals surface area contributed by atoms with Crippen LogP contribution < -0.4 is 0 Å². The Bertz CT molecular complexity index is 2780. The molecule has 0 spiro atoms. The summed E-state index contributed by atoms with van der Waals surface area (Å²) in [5.74, 6) is 39.9. The van der Waals surface area contributed by atoms with E-state index in [0.717, 1.165) is 5.75 Å². The molecule has 3 aromatic carbocycles. The summed E-state index contributed by atoms with van der Waals surface area (Å²) in [6, 6.07) is 22.6. The van der Waals surface area contributed by atoms with Gasteiger partial charge in [0.1, 0.15) is 17.8 Å². The molecule has 77 heavy (non-hydrogen) atoms. The molecule has 0 aromatic heterocycles. The van der Waals surface area contributed by atoms with E-state index in [1.54, 1.807) is 12.1 Å². The molecule has 1 unspecified atom stereocenters. The minimum atomic E-state index is -6.06. The first kappa shape index (κ1) is 73.0. The van der Waals surface area contributed by atoms with Crippen LogP contribution in [-0.4, -0.2) is 75.8 Å². The first-order valence-corrected chi connectivity index (χ1v) is 25.1. The summed E-state index contributed by atoms with van der Waals surface area (Å²) < 4.78 is 262. The van der Waals surface area contributed by atoms with E-state index in [4.69, 9.17) is 25.7 Å². The third-order valence-corrected chi connectivity index (χ3v) is 13.4. The molecule has 0 aliphatic heterocycles. The van der Waals surface area contributed by atoms with Crippen molar-refractivity contribution in [1.82, 2.24) is 0 Å². The van der Waals surface area contributed by atoms with Gasteiger partial charge in [-0.1, -0.05) is 42.5 Å². The molecular weight excluding hydrogens is 1170 g/mol. The van der Waals surface area contributed by atoms with Gasteiger partial charge in [0.15, 0.2) is 4.90 Å². The second kappa shape index (κ2) is 32.9. The zero-order chi connectivity index (χ0) is 60.6. The van der Waals surface area contributed by atoms with Crippen LogP contribution in [0.4, 0.5) is 105 Å². The van der Waals surface area contributed by atoms with Crippen molar-refractivity contribution in [3.63, 3.8) is 0 Å². The summed E-state index contributed by atoms with van der Waals surface area (Å²) in [5.41, 5.74) is 1.39. The van der Waals surface area contributed by atoms with Crippen molar-refractivity contribution >= 4 is 36.7 Å². The smallest absolute Gasteiger partial charge is 0.487 e. The fraction of sp³-hybridized carbons (Fsp3) is 0.200. The quantitative estimate of drug-likeness (QED) is 0.120. The van der Waals surface area contributed by atoms with E-state index in [1.807, 2.05) is 12.1 Å². The van der Waals surface area contributed by atoms with Gasteiger partial charge in [0.25, 0.3) is 0 Å². The van der Waals surface area contributed by atoms with Crippen molar-refractivity contribution in [3.8, 4) is 144 Å². The minimum Gasteiger partial charge on any atom is -0.508 e. The van der Waals surface area contributed by atoms with E-state index in [2.05, 4.69) is 161 Å². The standard InChI is InChI=1S/C18H16OS.4C6H.4C2F6.Ga.4H2/c1-20(17-11-9-16(19)10-12-17)13-15-7-4-6-14-5-2-3-8-18(14)15;4*1-3-5-6-4-2;4*3-1(4,5)2(6,7)8;;;;;/h2-12H,13H2,1H3;4*1H;;;;;;4*1H/q;;;;;;;;;-1;;;;/p+1. The second-order valence-corrected chi connectivity index (χ2v) is 20.5. The minimum absolute atomic E-state index is 0. The van der Waals surface area contributed by atoms with Gasteiger partial charge in [-0.05, 0) is 35.0 Å². The van der Waals surface area contributed by atoms with Crippen LogP contribution in [-0.2, 0) is 16.6 Å². The molecule has 3 aromatic rings. The van der Waals surface area contributed by atoms with Crippen molar-refractivity contribution in [2.75, 3.05) is 6.26 Å².